The van der Waals surface area contributed by atoms with Crippen LogP contribution in [0.3, 0.4) is 0 Å². The van der Waals surface area contributed by atoms with Crippen molar-refractivity contribution in [3.05, 3.63) is 70.3 Å². The molecule has 0 unspecified atom stereocenters. The fourth-order valence-electron chi connectivity index (χ4n) is 3.50. The standard InChI is InChI=1S/C23H26FN3O2/c1-3-26(4-2)15-7-14-25-16-21-19-8-5-6-9-20(19)22(28)27(23(21)29)18-12-10-17(24)11-13-18/h5-6,8-13,16,29H,3-4,7,14-15H2,1-2H3/p+1. The number of aromatic nitrogens is 1. The second-order valence-corrected chi connectivity index (χ2v) is 7.00. The summed E-state index contributed by atoms with van der Waals surface area (Å²) in [5.41, 5.74) is 0.533. The van der Waals surface area contributed by atoms with Crippen molar-refractivity contribution in [1.29, 1.82) is 0 Å². The van der Waals surface area contributed by atoms with Crippen LogP contribution in [0.1, 0.15) is 25.8 Å². The molecule has 0 fully saturated rings. The molecule has 0 atom stereocenters. The monoisotopic (exact) mass is 396 g/mol. The molecule has 0 saturated carbocycles. The molecule has 2 N–H and O–H groups in total. The zero-order chi connectivity index (χ0) is 20.8. The Labute approximate surface area is 169 Å². The number of pyridine rings is 1. The maximum Gasteiger partial charge on any atom is 0.265 e. The Balaban J connectivity index is 1.99. The van der Waals surface area contributed by atoms with E-state index in [1.165, 1.54) is 33.7 Å². The molecule has 0 aliphatic rings. The van der Waals surface area contributed by atoms with Crippen LogP contribution in [0.25, 0.3) is 16.5 Å². The van der Waals surface area contributed by atoms with Crippen molar-refractivity contribution in [3.63, 3.8) is 0 Å². The molecule has 0 amide bonds. The molecule has 5 nitrogen and oxygen atoms in total. The molecule has 152 valence electrons. The van der Waals surface area contributed by atoms with E-state index in [9.17, 15) is 14.3 Å². The van der Waals surface area contributed by atoms with E-state index in [-0.39, 0.29) is 11.4 Å². The Hall–Kier alpha value is -2.99. The van der Waals surface area contributed by atoms with Gasteiger partial charge >= 0.3 is 0 Å². The summed E-state index contributed by atoms with van der Waals surface area (Å²) < 4.78 is 14.5. The number of fused-ring (bicyclic) bond motifs is 1. The molecular weight excluding hydrogens is 369 g/mol. The minimum Gasteiger partial charge on any atom is -0.494 e. The van der Waals surface area contributed by atoms with Crippen molar-refractivity contribution in [2.24, 2.45) is 4.99 Å². The lowest BCUT2D eigenvalue weighted by molar-refractivity contribution is -0.896. The molecule has 2 aromatic carbocycles. The second-order valence-electron chi connectivity index (χ2n) is 7.00. The Morgan fingerprint density at radius 1 is 1.07 bits per heavy atom. The van der Waals surface area contributed by atoms with E-state index in [4.69, 9.17) is 0 Å². The minimum absolute atomic E-state index is 0.196. The van der Waals surface area contributed by atoms with Gasteiger partial charge in [-0.15, -0.1) is 0 Å². The van der Waals surface area contributed by atoms with Gasteiger partial charge in [0.05, 0.1) is 30.9 Å². The summed E-state index contributed by atoms with van der Waals surface area (Å²) in [5.74, 6) is -0.599. The number of hydrogen-bond acceptors (Lipinski definition) is 3. The predicted octanol–water partition coefficient (Wildman–Crippen LogP) is 2.57. The maximum absolute atomic E-state index is 13.3. The second kappa shape index (κ2) is 9.47. The van der Waals surface area contributed by atoms with Gasteiger partial charge in [0.25, 0.3) is 5.56 Å². The van der Waals surface area contributed by atoms with Crippen LogP contribution in [0.2, 0.25) is 0 Å². The van der Waals surface area contributed by atoms with Crippen molar-refractivity contribution in [3.8, 4) is 11.6 Å². The van der Waals surface area contributed by atoms with Gasteiger partial charge in [-0.05, 0) is 44.2 Å². The topological polar surface area (TPSA) is 59.0 Å². The Kier molecular flexibility index (Phi) is 6.77. The molecule has 3 aromatic rings. The quantitative estimate of drug-likeness (QED) is 0.454. The van der Waals surface area contributed by atoms with E-state index in [1.807, 2.05) is 6.07 Å². The van der Waals surface area contributed by atoms with E-state index in [2.05, 4.69) is 18.8 Å². The first-order valence-electron chi connectivity index (χ1n) is 10.0. The third-order valence-electron chi connectivity index (χ3n) is 5.23. The van der Waals surface area contributed by atoms with Crippen molar-refractivity contribution >= 4 is 17.0 Å². The van der Waals surface area contributed by atoms with Gasteiger partial charge in [-0.1, -0.05) is 18.2 Å². The van der Waals surface area contributed by atoms with Gasteiger partial charge in [0.1, 0.15) is 5.82 Å². The third kappa shape index (κ3) is 4.54. The number of halogens is 1. The highest BCUT2D eigenvalue weighted by Crippen LogP contribution is 2.25. The lowest BCUT2D eigenvalue weighted by Gasteiger charge is -2.14. The summed E-state index contributed by atoms with van der Waals surface area (Å²) >= 11 is 0. The highest BCUT2D eigenvalue weighted by atomic mass is 19.1. The molecular formula is C23H27FN3O2+. The zero-order valence-electron chi connectivity index (χ0n) is 16.9. The summed E-state index contributed by atoms with van der Waals surface area (Å²) in [7, 11) is 0. The number of rotatable bonds is 8. The number of benzene rings is 2. The van der Waals surface area contributed by atoms with Crippen LogP contribution >= 0.6 is 0 Å². The molecule has 0 radical (unpaired) electrons. The fraction of sp³-hybridized carbons (Fsp3) is 0.304. The van der Waals surface area contributed by atoms with Crippen LogP contribution < -0.4 is 10.5 Å². The van der Waals surface area contributed by atoms with Crippen LogP contribution in [0, 0.1) is 5.82 Å². The van der Waals surface area contributed by atoms with Gasteiger partial charge in [-0.2, -0.15) is 0 Å². The van der Waals surface area contributed by atoms with Gasteiger partial charge in [0.2, 0.25) is 5.88 Å². The van der Waals surface area contributed by atoms with E-state index >= 15 is 0 Å². The zero-order valence-corrected chi connectivity index (χ0v) is 16.9. The van der Waals surface area contributed by atoms with Crippen molar-refractivity contribution < 1.29 is 14.4 Å². The number of aromatic hydroxyl groups is 1. The molecule has 0 bridgehead atoms. The van der Waals surface area contributed by atoms with Gasteiger partial charge in [0.15, 0.2) is 0 Å². The fourth-order valence-corrected chi connectivity index (χ4v) is 3.50. The van der Waals surface area contributed by atoms with Crippen molar-refractivity contribution in [2.75, 3.05) is 26.2 Å². The SMILES string of the molecule is CC[NH+](CC)CCCN=Cc1c(O)n(-c2ccc(F)cc2)c(=O)c2ccccc12. The third-order valence-corrected chi connectivity index (χ3v) is 5.23. The molecule has 3 rings (SSSR count). The van der Waals surface area contributed by atoms with Crippen LogP contribution in [-0.4, -0.2) is 42.1 Å². The Morgan fingerprint density at radius 3 is 2.38 bits per heavy atom. The minimum atomic E-state index is -0.404. The highest BCUT2D eigenvalue weighted by molar-refractivity contribution is 6.01. The maximum atomic E-state index is 13.3. The number of hydrogen-bond donors (Lipinski definition) is 2. The van der Waals surface area contributed by atoms with Crippen molar-refractivity contribution in [1.82, 2.24) is 4.57 Å². The van der Waals surface area contributed by atoms with Crippen LogP contribution in [-0.2, 0) is 0 Å². The first-order valence-corrected chi connectivity index (χ1v) is 10.0. The molecule has 0 saturated heterocycles. The average Bonchev–Trinajstić information content (AvgIpc) is 2.74. The Bertz CT molecular complexity index is 1050. The van der Waals surface area contributed by atoms with Crippen LogP contribution in [0.5, 0.6) is 5.88 Å². The van der Waals surface area contributed by atoms with E-state index in [0.717, 1.165) is 26.1 Å². The van der Waals surface area contributed by atoms with Crippen molar-refractivity contribution in [2.45, 2.75) is 20.3 Å². The molecule has 29 heavy (non-hydrogen) atoms. The lowest BCUT2D eigenvalue weighted by Crippen LogP contribution is -3.11. The number of quaternary nitrogens is 1. The van der Waals surface area contributed by atoms with E-state index in [1.54, 1.807) is 24.4 Å². The smallest absolute Gasteiger partial charge is 0.265 e. The lowest BCUT2D eigenvalue weighted by atomic mass is 10.1. The summed E-state index contributed by atoms with van der Waals surface area (Å²) in [6, 6.07) is 12.6. The Morgan fingerprint density at radius 2 is 1.72 bits per heavy atom. The predicted molar refractivity (Wildman–Crippen MR) is 115 cm³/mol. The van der Waals surface area contributed by atoms with E-state index < -0.39 is 5.82 Å². The summed E-state index contributed by atoms with van der Waals surface area (Å²) in [5, 5.41) is 12.0. The largest absolute Gasteiger partial charge is 0.494 e. The highest BCUT2D eigenvalue weighted by Gasteiger charge is 2.16. The molecule has 1 heterocycles. The molecule has 0 aliphatic carbocycles. The number of nitrogens with zero attached hydrogens (tertiary/aromatic N) is 2. The van der Waals surface area contributed by atoms with E-state index in [0.29, 0.717) is 28.6 Å². The number of nitrogens with one attached hydrogen (secondary N) is 1. The molecule has 6 heteroatoms. The molecule has 1 aromatic heterocycles. The number of aliphatic imine (C=N–C) groups is 1. The summed E-state index contributed by atoms with van der Waals surface area (Å²) in [4.78, 5) is 19.0. The van der Waals surface area contributed by atoms with Crippen LogP contribution in [0.4, 0.5) is 4.39 Å². The van der Waals surface area contributed by atoms with Gasteiger partial charge in [0, 0.05) is 30.0 Å². The first-order chi connectivity index (χ1) is 14.1. The van der Waals surface area contributed by atoms with Gasteiger partial charge < -0.3 is 10.0 Å². The average molecular weight is 396 g/mol. The summed E-state index contributed by atoms with van der Waals surface area (Å²) in [6.07, 6.45) is 2.58. The first kappa shape index (κ1) is 20.7. The van der Waals surface area contributed by atoms with Gasteiger partial charge in [-0.25, -0.2) is 8.96 Å². The summed E-state index contributed by atoms with van der Waals surface area (Å²) in [6.45, 7) is 8.22. The van der Waals surface area contributed by atoms with Gasteiger partial charge in [-0.3, -0.25) is 9.79 Å². The molecule has 0 aliphatic heterocycles. The normalized spacial score (nSPS) is 11.7. The molecule has 0 spiro atoms. The van der Waals surface area contributed by atoms with Crippen LogP contribution in [0.15, 0.2) is 58.3 Å².